The fourth-order valence-corrected chi connectivity index (χ4v) is 3.38. The largest absolute Gasteiger partial charge is 0.384 e. The summed E-state index contributed by atoms with van der Waals surface area (Å²) < 4.78 is 1.47. The number of para-hydroxylation sites is 1. The Labute approximate surface area is 196 Å². The lowest BCUT2D eigenvalue weighted by atomic mass is 10.1. The number of aliphatic hydroxyl groups is 1. The smallest absolute Gasteiger partial charge is 0.282 e. The van der Waals surface area contributed by atoms with E-state index in [1.54, 1.807) is 14.0 Å². The van der Waals surface area contributed by atoms with Gasteiger partial charge < -0.3 is 26.9 Å². The minimum atomic E-state index is -0.408. The third-order valence-electron chi connectivity index (χ3n) is 4.95. The van der Waals surface area contributed by atoms with E-state index in [2.05, 4.69) is 37.4 Å². The van der Waals surface area contributed by atoms with Crippen molar-refractivity contribution in [3.8, 4) is 17.5 Å². The first-order chi connectivity index (χ1) is 16.3. The van der Waals surface area contributed by atoms with Crippen LogP contribution in [0.2, 0.25) is 0 Å². The molecule has 174 valence electrons. The minimum Gasteiger partial charge on any atom is -0.384 e. The van der Waals surface area contributed by atoms with Crippen molar-refractivity contribution < 1.29 is 5.11 Å². The molecule has 11 nitrogen and oxygen atoms in total. The summed E-state index contributed by atoms with van der Waals surface area (Å²) >= 11 is 0. The van der Waals surface area contributed by atoms with Crippen LogP contribution >= 0.6 is 0 Å². The van der Waals surface area contributed by atoms with Gasteiger partial charge in [0.25, 0.3) is 5.56 Å². The Morgan fingerprint density at radius 3 is 2.65 bits per heavy atom. The number of aromatic nitrogens is 4. The van der Waals surface area contributed by atoms with Crippen molar-refractivity contribution in [3.05, 3.63) is 63.6 Å². The molecule has 0 saturated carbocycles. The van der Waals surface area contributed by atoms with Crippen LogP contribution in [0.3, 0.4) is 0 Å². The highest BCUT2D eigenvalue weighted by Gasteiger charge is 2.20. The molecule has 34 heavy (non-hydrogen) atoms. The summed E-state index contributed by atoms with van der Waals surface area (Å²) in [5.41, 5.74) is 7.70. The van der Waals surface area contributed by atoms with E-state index in [0.717, 1.165) is 5.56 Å². The summed E-state index contributed by atoms with van der Waals surface area (Å²) in [5, 5.41) is 31.2. The van der Waals surface area contributed by atoms with E-state index in [1.807, 2.05) is 31.2 Å². The molecule has 11 heteroatoms. The van der Waals surface area contributed by atoms with Gasteiger partial charge in [-0.05, 0) is 31.4 Å². The zero-order valence-corrected chi connectivity index (χ0v) is 19.0. The molecule has 0 radical (unpaired) electrons. The highest BCUT2D eigenvalue weighted by molar-refractivity contribution is 6.16. The number of benzene rings is 1. The number of nitrogen functional groups attached to an aromatic ring is 1. The third kappa shape index (κ3) is 4.77. The van der Waals surface area contributed by atoms with Crippen molar-refractivity contribution in [1.82, 2.24) is 19.5 Å². The molecule has 0 fully saturated rings. The molecule has 0 aliphatic carbocycles. The molecular weight excluding hydrogens is 434 g/mol. The highest BCUT2D eigenvalue weighted by Crippen LogP contribution is 2.21. The number of nitrogens with one attached hydrogen (secondary N) is 4. The Hall–Kier alpha value is -4.56. The van der Waals surface area contributed by atoms with Crippen LogP contribution in [0, 0.1) is 29.6 Å². The molecule has 0 unspecified atom stereocenters. The monoisotopic (exact) mass is 459 g/mol. The van der Waals surface area contributed by atoms with Crippen molar-refractivity contribution in [3.63, 3.8) is 0 Å². The summed E-state index contributed by atoms with van der Waals surface area (Å²) in [6, 6.07) is 7.40. The van der Waals surface area contributed by atoms with Gasteiger partial charge in [-0.1, -0.05) is 24.1 Å². The molecule has 0 bridgehead atoms. The van der Waals surface area contributed by atoms with Crippen LogP contribution in [0.5, 0.6) is 0 Å². The normalized spacial score (nSPS) is 10.2. The lowest BCUT2D eigenvalue weighted by molar-refractivity contribution is 0.350. The summed E-state index contributed by atoms with van der Waals surface area (Å²) in [4.78, 5) is 26.2. The van der Waals surface area contributed by atoms with E-state index in [-0.39, 0.29) is 52.1 Å². The van der Waals surface area contributed by atoms with Gasteiger partial charge in [0.1, 0.15) is 47.5 Å². The molecule has 0 saturated heterocycles. The first-order valence-electron chi connectivity index (χ1n) is 10.3. The molecule has 0 aliphatic heterocycles. The summed E-state index contributed by atoms with van der Waals surface area (Å²) in [7, 11) is 1.61. The van der Waals surface area contributed by atoms with Crippen LogP contribution in [-0.4, -0.2) is 49.7 Å². The molecule has 3 rings (SSSR count). The summed E-state index contributed by atoms with van der Waals surface area (Å²) in [6.07, 6.45) is 1.24. The molecule has 2 heterocycles. The van der Waals surface area contributed by atoms with Gasteiger partial charge in [0.15, 0.2) is 0 Å². The van der Waals surface area contributed by atoms with Crippen molar-refractivity contribution in [2.24, 2.45) is 0 Å². The quantitative estimate of drug-likeness (QED) is 0.226. The van der Waals surface area contributed by atoms with Crippen molar-refractivity contribution >= 4 is 28.7 Å². The second kappa shape index (κ2) is 10.4. The number of aliphatic hydroxyl groups excluding tert-OH is 1. The van der Waals surface area contributed by atoms with Gasteiger partial charge in [-0.25, -0.2) is 15.0 Å². The third-order valence-corrected chi connectivity index (χ3v) is 4.95. The molecule has 0 amide bonds. The zero-order chi connectivity index (χ0) is 24.8. The van der Waals surface area contributed by atoms with E-state index < -0.39 is 6.61 Å². The average Bonchev–Trinajstić information content (AvgIpc) is 2.81. The van der Waals surface area contributed by atoms with Gasteiger partial charge >= 0.3 is 0 Å². The van der Waals surface area contributed by atoms with E-state index in [0.29, 0.717) is 11.5 Å². The van der Waals surface area contributed by atoms with Gasteiger partial charge in [-0.15, -0.1) is 0 Å². The standard InChI is InChI=1S/C23H25N9O2/c1-13-7-4-5-9-16(13)32-17(31-19(14(2)24)20(27-3)23(32)34)11-28-22-18(15(25)8-6-10-33)21(26)29-12-30-22/h4-5,7,9,12,24-25,27,33H,10-11H2,1-3H3,(H3,26,28,29,30). The molecule has 1 aromatic carbocycles. The van der Waals surface area contributed by atoms with Gasteiger partial charge in [0, 0.05) is 7.05 Å². The predicted molar refractivity (Wildman–Crippen MR) is 132 cm³/mol. The molecular formula is C23H25N9O2. The van der Waals surface area contributed by atoms with Crippen LogP contribution < -0.4 is 21.9 Å². The first kappa shape index (κ1) is 24.1. The van der Waals surface area contributed by atoms with Crippen molar-refractivity contribution in [2.75, 3.05) is 30.0 Å². The summed E-state index contributed by atoms with van der Waals surface area (Å²) in [6.45, 7) is 3.06. The van der Waals surface area contributed by atoms with Crippen molar-refractivity contribution in [2.45, 2.75) is 20.4 Å². The van der Waals surface area contributed by atoms with Crippen LogP contribution in [0.1, 0.15) is 29.6 Å². The average molecular weight is 460 g/mol. The number of aryl methyl sites for hydroxylation is 1. The van der Waals surface area contributed by atoms with Crippen molar-refractivity contribution in [1.29, 1.82) is 10.8 Å². The van der Waals surface area contributed by atoms with Gasteiger partial charge in [0.05, 0.1) is 23.5 Å². The number of nitrogens with two attached hydrogens (primary N) is 1. The topological polar surface area (TPSA) is 179 Å². The Bertz CT molecular complexity index is 1380. The number of nitrogens with zero attached hydrogens (tertiary/aromatic N) is 4. The predicted octanol–water partition coefficient (Wildman–Crippen LogP) is 1.32. The molecule has 0 atom stereocenters. The SMILES string of the molecule is CNc1c(C(C)=N)nc(CNc2ncnc(N)c2C(=N)C#CCO)n(-c2ccccc2C)c1=O. The Morgan fingerprint density at radius 2 is 2.00 bits per heavy atom. The number of rotatable bonds is 7. The Morgan fingerprint density at radius 1 is 1.26 bits per heavy atom. The Kier molecular flexibility index (Phi) is 7.35. The lowest BCUT2D eigenvalue weighted by Gasteiger charge is -2.19. The van der Waals surface area contributed by atoms with Crippen LogP contribution in [0.15, 0.2) is 35.4 Å². The second-order valence-corrected chi connectivity index (χ2v) is 7.22. The minimum absolute atomic E-state index is 0.0258. The number of anilines is 3. The zero-order valence-electron chi connectivity index (χ0n) is 19.0. The van der Waals surface area contributed by atoms with E-state index in [1.165, 1.54) is 10.9 Å². The molecule has 0 aliphatic rings. The number of hydrogen-bond donors (Lipinski definition) is 6. The maximum absolute atomic E-state index is 13.5. The molecule has 0 spiro atoms. The van der Waals surface area contributed by atoms with E-state index >= 15 is 0 Å². The fraction of sp³-hybridized carbons (Fsp3) is 0.217. The van der Waals surface area contributed by atoms with E-state index in [4.69, 9.17) is 21.7 Å². The molecule has 2 aromatic heterocycles. The van der Waals surface area contributed by atoms with Crippen LogP contribution in [-0.2, 0) is 6.54 Å². The number of hydrogen-bond acceptors (Lipinski definition) is 10. The molecule has 7 N–H and O–H groups in total. The van der Waals surface area contributed by atoms with Crippen LogP contribution in [0.4, 0.5) is 17.3 Å². The van der Waals surface area contributed by atoms with Gasteiger partial charge in [-0.2, -0.15) is 0 Å². The lowest BCUT2D eigenvalue weighted by Crippen LogP contribution is -2.30. The summed E-state index contributed by atoms with van der Waals surface area (Å²) in [5.74, 6) is 5.50. The van der Waals surface area contributed by atoms with Gasteiger partial charge in [-0.3, -0.25) is 14.8 Å². The molecule has 3 aromatic rings. The maximum atomic E-state index is 13.5. The first-order valence-corrected chi connectivity index (χ1v) is 10.3. The Balaban J connectivity index is 2.16. The van der Waals surface area contributed by atoms with Gasteiger partial charge in [0.2, 0.25) is 0 Å². The second-order valence-electron chi connectivity index (χ2n) is 7.22. The van der Waals surface area contributed by atoms with E-state index in [9.17, 15) is 4.79 Å². The van der Waals surface area contributed by atoms with Crippen LogP contribution in [0.25, 0.3) is 5.69 Å². The maximum Gasteiger partial charge on any atom is 0.282 e. The highest BCUT2D eigenvalue weighted by atomic mass is 16.2. The fourth-order valence-electron chi connectivity index (χ4n) is 3.38.